The smallest absolute Gasteiger partial charge is 0.335 e. The number of nitrogens with one attached hydrogen (secondary N) is 1. The monoisotopic (exact) mass is 445 g/mol. The molecule has 8 nitrogen and oxygen atoms in total. The molecule has 0 bridgehead atoms. The summed E-state index contributed by atoms with van der Waals surface area (Å²) < 4.78 is 7.72. The molecule has 1 saturated heterocycles. The molecule has 2 N–H and O–H groups in total. The van der Waals surface area contributed by atoms with E-state index in [9.17, 15) is 9.90 Å². The van der Waals surface area contributed by atoms with Crippen molar-refractivity contribution in [1.29, 1.82) is 0 Å². The fourth-order valence-electron chi connectivity index (χ4n) is 5.01. The highest BCUT2D eigenvalue weighted by Crippen LogP contribution is 2.40. The summed E-state index contributed by atoms with van der Waals surface area (Å²) in [5, 5.41) is 14.9. The number of aryl methyl sites for hydroxylation is 1. The molecule has 2 atom stereocenters. The van der Waals surface area contributed by atoms with Crippen LogP contribution in [-0.4, -0.2) is 49.4 Å². The molecule has 1 aliphatic heterocycles. The molecular formula is C25H27N5O3. The lowest BCUT2D eigenvalue weighted by molar-refractivity contribution is 0.0696. The SMILES string of the molecule is COc1cc(C)c2[nH]ccc2c1CN1CCC(n2cncn2)CC1c1ccc(C(=O)O)cc1. The van der Waals surface area contributed by atoms with Crippen LogP contribution in [0.3, 0.4) is 0 Å². The number of methoxy groups -OCH3 is 1. The third-order valence-corrected chi connectivity index (χ3v) is 6.73. The van der Waals surface area contributed by atoms with Gasteiger partial charge in [0.15, 0.2) is 0 Å². The minimum atomic E-state index is -0.915. The number of aromatic nitrogens is 4. The van der Waals surface area contributed by atoms with E-state index in [1.165, 1.54) is 5.39 Å². The summed E-state index contributed by atoms with van der Waals surface area (Å²) in [5.41, 5.74) is 4.84. The molecule has 2 unspecified atom stereocenters. The number of benzene rings is 2. The number of H-pyrrole nitrogens is 1. The highest BCUT2D eigenvalue weighted by molar-refractivity contribution is 5.88. The Kier molecular flexibility index (Phi) is 5.60. The number of hydrogen-bond donors (Lipinski definition) is 2. The molecule has 0 aliphatic carbocycles. The van der Waals surface area contributed by atoms with Crippen molar-refractivity contribution in [2.24, 2.45) is 0 Å². The molecule has 0 saturated carbocycles. The van der Waals surface area contributed by atoms with Gasteiger partial charge in [0.05, 0.1) is 18.7 Å². The van der Waals surface area contributed by atoms with Gasteiger partial charge in [0, 0.05) is 41.8 Å². The van der Waals surface area contributed by atoms with Gasteiger partial charge in [-0.05, 0) is 55.2 Å². The highest BCUT2D eigenvalue weighted by atomic mass is 16.5. The number of carbonyl (C=O) groups is 1. The minimum Gasteiger partial charge on any atom is -0.496 e. The first-order valence-electron chi connectivity index (χ1n) is 11.1. The lowest BCUT2D eigenvalue weighted by Crippen LogP contribution is -2.37. The van der Waals surface area contributed by atoms with Gasteiger partial charge in [-0.15, -0.1) is 0 Å². The topological polar surface area (TPSA) is 96.3 Å². The molecule has 33 heavy (non-hydrogen) atoms. The normalized spacial score (nSPS) is 19.1. The number of ether oxygens (including phenoxy) is 1. The lowest BCUT2D eigenvalue weighted by atomic mass is 9.90. The van der Waals surface area contributed by atoms with Crippen molar-refractivity contribution >= 4 is 16.9 Å². The first-order chi connectivity index (χ1) is 16.0. The Labute approximate surface area is 191 Å². The second-order valence-corrected chi connectivity index (χ2v) is 8.61. The Balaban J connectivity index is 1.51. The van der Waals surface area contributed by atoms with E-state index in [-0.39, 0.29) is 12.1 Å². The van der Waals surface area contributed by atoms with E-state index in [0.717, 1.165) is 53.9 Å². The van der Waals surface area contributed by atoms with Crippen LogP contribution in [0.4, 0.5) is 0 Å². The van der Waals surface area contributed by atoms with Gasteiger partial charge in [0.25, 0.3) is 0 Å². The van der Waals surface area contributed by atoms with Crippen LogP contribution in [0, 0.1) is 6.92 Å². The molecule has 2 aromatic carbocycles. The van der Waals surface area contributed by atoms with Crippen LogP contribution in [-0.2, 0) is 6.54 Å². The second kappa shape index (κ2) is 8.71. The maximum absolute atomic E-state index is 11.4. The van der Waals surface area contributed by atoms with Gasteiger partial charge in [-0.3, -0.25) is 4.90 Å². The van der Waals surface area contributed by atoms with Gasteiger partial charge >= 0.3 is 5.97 Å². The number of carboxylic acids is 1. The predicted octanol–water partition coefficient (Wildman–Crippen LogP) is 4.35. The second-order valence-electron chi connectivity index (χ2n) is 8.61. The van der Waals surface area contributed by atoms with E-state index >= 15 is 0 Å². The molecule has 5 rings (SSSR count). The van der Waals surface area contributed by atoms with E-state index in [4.69, 9.17) is 4.74 Å². The Morgan fingerprint density at radius 3 is 2.79 bits per heavy atom. The molecule has 0 spiro atoms. The Hall–Kier alpha value is -3.65. The van der Waals surface area contributed by atoms with Gasteiger partial charge in [-0.25, -0.2) is 14.5 Å². The molecular weight excluding hydrogens is 418 g/mol. The van der Waals surface area contributed by atoms with Crippen LogP contribution in [0.15, 0.2) is 55.2 Å². The maximum Gasteiger partial charge on any atom is 0.335 e. The largest absolute Gasteiger partial charge is 0.496 e. The fourth-order valence-corrected chi connectivity index (χ4v) is 5.01. The number of nitrogens with zero attached hydrogens (tertiary/aromatic N) is 4. The number of piperidine rings is 1. The average Bonchev–Trinajstić information content (AvgIpc) is 3.54. The van der Waals surface area contributed by atoms with Crippen molar-refractivity contribution in [3.8, 4) is 5.75 Å². The van der Waals surface area contributed by atoms with Crippen molar-refractivity contribution in [3.63, 3.8) is 0 Å². The predicted molar refractivity (Wildman–Crippen MR) is 124 cm³/mol. The molecule has 2 aromatic heterocycles. The van der Waals surface area contributed by atoms with E-state index in [1.807, 2.05) is 23.0 Å². The summed E-state index contributed by atoms with van der Waals surface area (Å²) in [6.45, 7) is 3.69. The number of aromatic amines is 1. The molecule has 170 valence electrons. The molecule has 0 amide bonds. The zero-order chi connectivity index (χ0) is 22.9. The van der Waals surface area contributed by atoms with Crippen molar-refractivity contribution in [3.05, 3.63) is 77.5 Å². The summed E-state index contributed by atoms with van der Waals surface area (Å²) >= 11 is 0. The van der Waals surface area contributed by atoms with Crippen LogP contribution < -0.4 is 4.74 Å². The van der Waals surface area contributed by atoms with Gasteiger partial charge in [0.2, 0.25) is 0 Å². The zero-order valence-electron chi connectivity index (χ0n) is 18.7. The summed E-state index contributed by atoms with van der Waals surface area (Å²) in [4.78, 5) is 21.3. The van der Waals surface area contributed by atoms with Crippen molar-refractivity contribution in [2.45, 2.75) is 38.4 Å². The number of aromatic carboxylic acids is 1. The fraction of sp³-hybridized carbons (Fsp3) is 0.320. The van der Waals surface area contributed by atoms with Crippen LogP contribution >= 0.6 is 0 Å². The minimum absolute atomic E-state index is 0.107. The number of carboxylic acid groups (broad SMARTS) is 1. The van der Waals surface area contributed by atoms with E-state index < -0.39 is 5.97 Å². The molecule has 1 aliphatic rings. The number of fused-ring (bicyclic) bond motifs is 1. The van der Waals surface area contributed by atoms with Crippen molar-refractivity contribution < 1.29 is 14.6 Å². The highest BCUT2D eigenvalue weighted by Gasteiger charge is 2.32. The lowest BCUT2D eigenvalue weighted by Gasteiger charge is -2.40. The van der Waals surface area contributed by atoms with E-state index in [2.05, 4.69) is 39.0 Å². The van der Waals surface area contributed by atoms with Gasteiger partial charge < -0.3 is 14.8 Å². The Morgan fingerprint density at radius 2 is 2.09 bits per heavy atom. The molecule has 0 radical (unpaired) electrons. The van der Waals surface area contributed by atoms with Crippen molar-refractivity contribution in [2.75, 3.05) is 13.7 Å². The summed E-state index contributed by atoms with van der Waals surface area (Å²) in [6, 6.07) is 11.8. The molecule has 3 heterocycles. The summed E-state index contributed by atoms with van der Waals surface area (Å²) in [6.07, 6.45) is 7.14. The van der Waals surface area contributed by atoms with Gasteiger partial charge in [0.1, 0.15) is 18.4 Å². The molecule has 1 fully saturated rings. The quantitative estimate of drug-likeness (QED) is 0.458. The number of hydrogen-bond acceptors (Lipinski definition) is 5. The Morgan fingerprint density at radius 1 is 1.27 bits per heavy atom. The average molecular weight is 446 g/mol. The zero-order valence-corrected chi connectivity index (χ0v) is 18.7. The number of rotatable bonds is 6. The van der Waals surface area contributed by atoms with E-state index in [1.54, 1.807) is 31.9 Å². The first-order valence-corrected chi connectivity index (χ1v) is 11.1. The maximum atomic E-state index is 11.4. The van der Waals surface area contributed by atoms with Crippen LogP contribution in [0.1, 0.15) is 52.0 Å². The van der Waals surface area contributed by atoms with Crippen LogP contribution in [0.2, 0.25) is 0 Å². The van der Waals surface area contributed by atoms with E-state index in [0.29, 0.717) is 5.56 Å². The third-order valence-electron chi connectivity index (χ3n) is 6.73. The number of likely N-dealkylation sites (tertiary alicyclic amines) is 1. The van der Waals surface area contributed by atoms with Gasteiger partial charge in [-0.2, -0.15) is 5.10 Å². The van der Waals surface area contributed by atoms with Crippen LogP contribution in [0.5, 0.6) is 5.75 Å². The summed E-state index contributed by atoms with van der Waals surface area (Å²) in [5.74, 6) is -0.0280. The van der Waals surface area contributed by atoms with Crippen LogP contribution in [0.25, 0.3) is 10.9 Å². The first kappa shape index (κ1) is 21.2. The molecule has 4 aromatic rings. The molecule has 8 heteroatoms. The Bertz CT molecular complexity index is 1260. The standard InChI is InChI=1S/C25H27N5O3/c1-16-11-23(33-2)21(20-7-9-27-24(16)20)13-29-10-8-19(30-15-26-14-28-30)12-22(29)17-3-5-18(6-4-17)25(31)32/h3-7,9,11,14-15,19,22,27H,8,10,12-13H2,1-2H3,(H,31,32). The van der Waals surface area contributed by atoms with Crippen molar-refractivity contribution in [1.82, 2.24) is 24.6 Å². The third kappa shape index (κ3) is 3.98. The summed E-state index contributed by atoms with van der Waals surface area (Å²) in [7, 11) is 1.72. The van der Waals surface area contributed by atoms with Gasteiger partial charge in [-0.1, -0.05) is 12.1 Å².